The lowest BCUT2D eigenvalue weighted by Crippen LogP contribution is -2.71. The van der Waals surface area contributed by atoms with Gasteiger partial charge in [0.15, 0.2) is 0 Å². The van der Waals surface area contributed by atoms with E-state index in [4.69, 9.17) is 16.6 Å². The molecule has 4 fully saturated rings. The normalized spacial score (nSPS) is 21.2. The number of carbonyl (C=O) groups is 3. The minimum atomic E-state index is -0.112. The fourth-order valence-electron chi connectivity index (χ4n) is 12.8. The molecule has 65 heavy (non-hydrogen) atoms. The van der Waals surface area contributed by atoms with E-state index in [1.807, 2.05) is 73.1 Å². The zero-order valence-corrected chi connectivity index (χ0v) is 37.3. The molecule has 328 valence electrons. The molecule has 3 amide bonds. The molecule has 4 aliphatic heterocycles. The second kappa shape index (κ2) is 13.7. The van der Waals surface area contributed by atoms with Crippen molar-refractivity contribution < 1.29 is 14.4 Å². The minimum absolute atomic E-state index is 0.0280. The first kappa shape index (κ1) is 39.3. The molecular formula is C52H50ClN9O3. The van der Waals surface area contributed by atoms with Crippen molar-refractivity contribution in [2.24, 2.45) is 0 Å². The van der Waals surface area contributed by atoms with Crippen LogP contribution in [0.15, 0.2) is 79.1 Å². The first-order valence-corrected chi connectivity index (χ1v) is 23.5. The van der Waals surface area contributed by atoms with Crippen molar-refractivity contribution in [1.29, 1.82) is 0 Å². The van der Waals surface area contributed by atoms with Crippen molar-refractivity contribution in [1.82, 2.24) is 45.7 Å². The Morgan fingerprint density at radius 3 is 1.80 bits per heavy atom. The van der Waals surface area contributed by atoms with Crippen LogP contribution >= 0.6 is 11.6 Å². The molecule has 0 atom stereocenters. The molecule has 13 heteroatoms. The highest BCUT2D eigenvalue weighted by atomic mass is 35.5. The van der Waals surface area contributed by atoms with Crippen LogP contribution in [0.25, 0.3) is 33.8 Å². The number of hydrogen-bond acceptors (Lipinski definition) is 7. The van der Waals surface area contributed by atoms with E-state index in [0.29, 0.717) is 17.3 Å². The molecule has 2 saturated heterocycles. The summed E-state index contributed by atoms with van der Waals surface area (Å²) in [6.07, 6.45) is 11.6. The highest BCUT2D eigenvalue weighted by Crippen LogP contribution is 2.61. The fraction of sp³-hybridized carbons (Fsp3) is 0.365. The van der Waals surface area contributed by atoms with Gasteiger partial charge in [0.25, 0.3) is 17.7 Å². The number of aromatic amines is 2. The summed E-state index contributed by atoms with van der Waals surface area (Å²) in [6, 6.07) is 21.6. The number of amides is 3. The van der Waals surface area contributed by atoms with Crippen LogP contribution in [0.1, 0.15) is 96.0 Å². The SMILES string of the molecule is CN1CC2(C1)c1[nH]c3c(c1C(=O)NC21CC1)CCc1cnc(-c2cccc(C(=O)NCc4ccccc4)c2)cc1-3.CN1CC2(C1)c1[nH]c3c(c1C(=O)NC21CC1)CCc1cnc(Cl)cc1-3. The van der Waals surface area contributed by atoms with Gasteiger partial charge in [-0.25, -0.2) is 4.98 Å². The maximum atomic E-state index is 13.4. The molecule has 0 bridgehead atoms. The predicted octanol–water partition coefficient (Wildman–Crippen LogP) is 6.52. The molecular weight excluding hydrogens is 834 g/mol. The summed E-state index contributed by atoms with van der Waals surface area (Å²) >= 11 is 6.16. The Bertz CT molecular complexity index is 3040. The number of benzene rings is 2. The van der Waals surface area contributed by atoms with Gasteiger partial charge < -0.3 is 35.7 Å². The van der Waals surface area contributed by atoms with Gasteiger partial charge in [0, 0.05) is 78.8 Å². The minimum Gasteiger partial charge on any atom is -0.357 e. The standard InChI is InChI=1S/C33H31N5O2.C19H19ClN4O/c1-38-18-32(19-38)29-27(31(40)37-33(32)12-13-33)24-11-10-23-17-34-26(15-25(23)28(24)36-29)21-8-5-9-22(14-21)30(39)35-16-20-6-3-2-4-7-20;1-24-8-18(9-24)16-14(17(25)23-19(18)4-5-19)11-3-2-10-7-21-13(20)6-12(10)15(11)22-16/h2-9,14-15,17,36H,10-13,16,18-19H2,1H3,(H,35,39)(H,37,40);6-7,22H,2-5,8-9H2,1H3,(H,23,25). The summed E-state index contributed by atoms with van der Waals surface area (Å²) in [6.45, 7) is 4.42. The number of likely N-dealkylation sites (N-methyl/N-ethyl adjacent to an activating group) is 2. The second-order valence-corrected chi connectivity index (χ2v) is 20.6. The van der Waals surface area contributed by atoms with Gasteiger partial charge in [-0.1, -0.05) is 54.1 Å². The molecule has 6 aromatic rings. The average Bonchev–Trinajstić information content (AvgIpc) is 4.17. The number of hydrogen-bond donors (Lipinski definition) is 5. The summed E-state index contributed by atoms with van der Waals surface area (Å²) in [7, 11) is 4.31. The number of rotatable bonds is 4. The number of aryl methyl sites for hydroxylation is 2. The number of carbonyl (C=O) groups excluding carboxylic acids is 3. The van der Waals surface area contributed by atoms with Crippen molar-refractivity contribution in [2.75, 3.05) is 40.3 Å². The van der Waals surface area contributed by atoms with Crippen molar-refractivity contribution in [2.45, 2.75) is 79.8 Å². The Labute approximate surface area is 382 Å². The largest absolute Gasteiger partial charge is 0.357 e. The van der Waals surface area contributed by atoms with E-state index in [0.717, 1.165) is 151 Å². The van der Waals surface area contributed by atoms with E-state index < -0.39 is 0 Å². The van der Waals surface area contributed by atoms with Crippen molar-refractivity contribution in [3.63, 3.8) is 0 Å². The number of aromatic nitrogens is 4. The molecule has 2 aromatic carbocycles. The van der Waals surface area contributed by atoms with E-state index in [-0.39, 0.29) is 39.6 Å². The van der Waals surface area contributed by atoms with Crippen LogP contribution in [0.5, 0.6) is 0 Å². The third-order valence-electron chi connectivity index (χ3n) is 16.3. The van der Waals surface area contributed by atoms with Gasteiger partial charge in [0.2, 0.25) is 0 Å². The van der Waals surface area contributed by atoms with Crippen molar-refractivity contribution >= 4 is 29.3 Å². The zero-order valence-electron chi connectivity index (χ0n) is 36.6. The third-order valence-corrected chi connectivity index (χ3v) is 16.5. The second-order valence-electron chi connectivity index (χ2n) is 20.2. The van der Waals surface area contributed by atoms with Crippen LogP contribution < -0.4 is 16.0 Å². The third kappa shape index (κ3) is 5.66. The van der Waals surface area contributed by atoms with Gasteiger partial charge in [0.1, 0.15) is 5.15 Å². The maximum absolute atomic E-state index is 13.4. The van der Waals surface area contributed by atoms with Gasteiger partial charge in [-0.15, -0.1) is 0 Å². The predicted molar refractivity (Wildman–Crippen MR) is 248 cm³/mol. The summed E-state index contributed by atoms with van der Waals surface area (Å²) in [5, 5.41) is 10.3. The van der Waals surface area contributed by atoms with Crippen LogP contribution in [-0.4, -0.2) is 98.8 Å². The number of likely N-dealkylation sites (tertiary alicyclic amines) is 2. The summed E-state index contributed by atoms with van der Waals surface area (Å²) in [4.78, 5) is 60.6. The lowest BCUT2D eigenvalue weighted by Gasteiger charge is -2.55. The number of halogens is 1. The van der Waals surface area contributed by atoms with Crippen LogP contribution in [-0.2, 0) is 43.1 Å². The van der Waals surface area contributed by atoms with Crippen molar-refractivity contribution in [3.05, 3.63) is 140 Å². The van der Waals surface area contributed by atoms with E-state index in [9.17, 15) is 14.4 Å². The molecule has 0 unspecified atom stereocenters. The summed E-state index contributed by atoms with van der Waals surface area (Å²) < 4.78 is 0. The highest BCUT2D eigenvalue weighted by Gasteiger charge is 2.70. The molecule has 14 rings (SSSR count). The Balaban J connectivity index is 0.000000145. The van der Waals surface area contributed by atoms with E-state index >= 15 is 0 Å². The van der Waals surface area contributed by atoms with Crippen LogP contribution in [0.4, 0.5) is 0 Å². The van der Waals surface area contributed by atoms with Gasteiger partial charge in [-0.3, -0.25) is 19.4 Å². The number of fused-ring (bicyclic) bond motifs is 14. The molecule has 12 nitrogen and oxygen atoms in total. The van der Waals surface area contributed by atoms with Gasteiger partial charge in [-0.05, 0) is 118 Å². The van der Waals surface area contributed by atoms with Gasteiger partial charge >= 0.3 is 0 Å². The van der Waals surface area contributed by atoms with Gasteiger partial charge in [-0.2, -0.15) is 0 Å². The monoisotopic (exact) mass is 883 g/mol. The Hall–Kier alpha value is -6.08. The lowest BCUT2D eigenvalue weighted by atomic mass is 9.65. The Morgan fingerprint density at radius 1 is 0.692 bits per heavy atom. The molecule has 4 spiro atoms. The van der Waals surface area contributed by atoms with Crippen LogP contribution in [0.2, 0.25) is 5.15 Å². The Morgan fingerprint density at radius 2 is 1.25 bits per heavy atom. The first-order valence-electron chi connectivity index (χ1n) is 23.1. The van der Waals surface area contributed by atoms with Crippen LogP contribution in [0.3, 0.4) is 0 Å². The average molecular weight is 884 g/mol. The van der Waals surface area contributed by atoms with E-state index in [2.05, 4.69) is 60.9 Å². The fourth-order valence-corrected chi connectivity index (χ4v) is 13.0. The summed E-state index contributed by atoms with van der Waals surface area (Å²) in [5.41, 5.74) is 16.4. The molecule has 5 N–H and O–H groups in total. The smallest absolute Gasteiger partial charge is 0.253 e. The molecule has 4 aliphatic carbocycles. The van der Waals surface area contributed by atoms with E-state index in [1.165, 1.54) is 11.1 Å². The number of pyridine rings is 2. The Kier molecular flexibility index (Phi) is 8.30. The van der Waals surface area contributed by atoms with Gasteiger partial charge in [0.05, 0.1) is 50.1 Å². The number of nitrogens with one attached hydrogen (secondary N) is 5. The first-order chi connectivity index (χ1) is 31.5. The van der Waals surface area contributed by atoms with E-state index in [1.54, 1.807) is 0 Å². The molecule has 2 saturated carbocycles. The number of nitrogens with zero attached hydrogens (tertiary/aromatic N) is 4. The van der Waals surface area contributed by atoms with Crippen LogP contribution in [0, 0.1) is 0 Å². The quantitative estimate of drug-likeness (QED) is 0.127. The highest BCUT2D eigenvalue weighted by molar-refractivity contribution is 6.29. The molecule has 8 heterocycles. The molecule has 8 aliphatic rings. The molecule has 4 aromatic heterocycles. The van der Waals surface area contributed by atoms with Crippen molar-refractivity contribution in [3.8, 4) is 33.8 Å². The zero-order chi connectivity index (χ0) is 44.0. The molecule has 0 radical (unpaired) electrons. The number of H-pyrrole nitrogens is 2. The lowest BCUT2D eigenvalue weighted by molar-refractivity contribution is 0.0338. The maximum Gasteiger partial charge on any atom is 0.253 e. The summed E-state index contributed by atoms with van der Waals surface area (Å²) in [5.74, 6) is 0.0738. The topological polar surface area (TPSA) is 151 Å².